The highest BCUT2D eigenvalue weighted by molar-refractivity contribution is 5.94. The van der Waals surface area contributed by atoms with Crippen molar-refractivity contribution in [2.45, 2.75) is 26.2 Å². The van der Waals surface area contributed by atoms with E-state index >= 15 is 0 Å². The first-order valence-electron chi connectivity index (χ1n) is 7.92. The Bertz CT molecular complexity index is 623. The molecule has 0 radical (unpaired) electrons. The van der Waals surface area contributed by atoms with E-state index in [1.807, 2.05) is 43.3 Å². The highest BCUT2D eigenvalue weighted by Crippen LogP contribution is 2.22. The third-order valence-corrected chi connectivity index (χ3v) is 3.47. The van der Waals surface area contributed by atoms with Crippen molar-refractivity contribution >= 4 is 5.91 Å². The predicted molar refractivity (Wildman–Crippen MR) is 91.0 cm³/mol. The number of carbonyl (C=O) groups excluding carboxylic acids is 1. The van der Waals surface area contributed by atoms with Crippen LogP contribution in [0.4, 0.5) is 0 Å². The minimum atomic E-state index is -0.108. The molecule has 4 heteroatoms. The summed E-state index contributed by atoms with van der Waals surface area (Å²) in [5.74, 6) is 1.28. The van der Waals surface area contributed by atoms with Gasteiger partial charge >= 0.3 is 0 Å². The molecule has 23 heavy (non-hydrogen) atoms. The van der Waals surface area contributed by atoms with Gasteiger partial charge in [0, 0.05) is 18.7 Å². The van der Waals surface area contributed by atoms with Crippen LogP contribution in [0.3, 0.4) is 0 Å². The zero-order valence-corrected chi connectivity index (χ0v) is 13.4. The summed E-state index contributed by atoms with van der Waals surface area (Å²) >= 11 is 0. The van der Waals surface area contributed by atoms with E-state index in [0.717, 1.165) is 25.0 Å². The van der Waals surface area contributed by atoms with Crippen LogP contribution < -0.4 is 10.1 Å². The third kappa shape index (κ3) is 5.75. The van der Waals surface area contributed by atoms with Gasteiger partial charge in [0.25, 0.3) is 5.91 Å². The van der Waals surface area contributed by atoms with Crippen LogP contribution in [0.25, 0.3) is 0 Å². The minimum absolute atomic E-state index is 0.108. The Balaban J connectivity index is 1.91. The van der Waals surface area contributed by atoms with E-state index in [4.69, 9.17) is 9.84 Å². The summed E-state index contributed by atoms with van der Waals surface area (Å²) in [5, 5.41) is 11.6. The number of amides is 1. The molecule has 0 saturated heterocycles. The molecule has 0 aliphatic rings. The first-order valence-corrected chi connectivity index (χ1v) is 7.92. The normalized spacial score (nSPS) is 10.3. The first kappa shape index (κ1) is 17.0. The second-order valence-electron chi connectivity index (χ2n) is 5.48. The summed E-state index contributed by atoms with van der Waals surface area (Å²) in [7, 11) is 0. The summed E-state index contributed by atoms with van der Waals surface area (Å²) in [6.07, 6.45) is 2.55. The van der Waals surface area contributed by atoms with Crippen molar-refractivity contribution in [2.75, 3.05) is 13.2 Å². The molecule has 0 bridgehead atoms. The van der Waals surface area contributed by atoms with Gasteiger partial charge in [0.1, 0.15) is 11.5 Å². The maximum Gasteiger partial charge on any atom is 0.251 e. The lowest BCUT2D eigenvalue weighted by Gasteiger charge is -2.09. The summed E-state index contributed by atoms with van der Waals surface area (Å²) in [6.45, 7) is 2.84. The lowest BCUT2D eigenvalue weighted by molar-refractivity contribution is 0.0952. The molecule has 1 amide bonds. The largest absolute Gasteiger partial charge is 0.457 e. The summed E-state index contributed by atoms with van der Waals surface area (Å²) in [4.78, 5) is 12.1. The van der Waals surface area contributed by atoms with Gasteiger partial charge in [0.15, 0.2) is 0 Å². The van der Waals surface area contributed by atoms with E-state index in [-0.39, 0.29) is 12.5 Å². The Kier molecular flexibility index (Phi) is 6.63. The summed E-state index contributed by atoms with van der Waals surface area (Å²) < 4.78 is 5.77. The Hall–Kier alpha value is -2.33. The zero-order chi connectivity index (χ0) is 16.5. The lowest BCUT2D eigenvalue weighted by atomic mass is 10.2. The molecule has 122 valence electrons. The highest BCUT2D eigenvalue weighted by Gasteiger charge is 2.06. The van der Waals surface area contributed by atoms with Gasteiger partial charge in [0.05, 0.1) is 0 Å². The van der Waals surface area contributed by atoms with Crippen LogP contribution in [0.2, 0.25) is 0 Å². The van der Waals surface area contributed by atoms with E-state index in [9.17, 15) is 4.79 Å². The Labute approximate surface area is 137 Å². The molecule has 0 fully saturated rings. The van der Waals surface area contributed by atoms with Crippen LogP contribution >= 0.6 is 0 Å². The van der Waals surface area contributed by atoms with Gasteiger partial charge in [-0.1, -0.05) is 23.8 Å². The topological polar surface area (TPSA) is 58.6 Å². The molecule has 2 aromatic rings. The number of aliphatic hydroxyl groups is 1. The van der Waals surface area contributed by atoms with Gasteiger partial charge in [-0.05, 0) is 56.5 Å². The van der Waals surface area contributed by atoms with E-state index in [0.29, 0.717) is 17.9 Å². The average Bonchev–Trinajstić information content (AvgIpc) is 2.57. The highest BCUT2D eigenvalue weighted by atomic mass is 16.5. The van der Waals surface area contributed by atoms with Crippen molar-refractivity contribution in [3.05, 3.63) is 59.7 Å². The average molecular weight is 313 g/mol. The van der Waals surface area contributed by atoms with Crippen molar-refractivity contribution in [3.8, 4) is 11.5 Å². The van der Waals surface area contributed by atoms with E-state index in [1.165, 1.54) is 5.56 Å². The van der Waals surface area contributed by atoms with Crippen LogP contribution in [0.5, 0.6) is 11.5 Å². The molecule has 0 aliphatic carbocycles. The number of nitrogens with one attached hydrogen (secondary N) is 1. The number of unbranched alkanes of at least 4 members (excludes halogenated alkanes) is 2. The number of rotatable bonds is 8. The Morgan fingerprint density at radius 1 is 1.04 bits per heavy atom. The molecule has 2 aromatic carbocycles. The van der Waals surface area contributed by atoms with Crippen molar-refractivity contribution < 1.29 is 14.6 Å². The van der Waals surface area contributed by atoms with Crippen LogP contribution in [0, 0.1) is 6.92 Å². The molecule has 0 unspecified atom stereocenters. The van der Waals surface area contributed by atoms with Gasteiger partial charge in [-0.15, -0.1) is 0 Å². The molecular formula is C19H23NO3. The molecule has 0 aliphatic heterocycles. The van der Waals surface area contributed by atoms with E-state index in [1.54, 1.807) is 12.1 Å². The maximum atomic E-state index is 12.1. The van der Waals surface area contributed by atoms with E-state index in [2.05, 4.69) is 5.32 Å². The minimum Gasteiger partial charge on any atom is -0.457 e. The van der Waals surface area contributed by atoms with Crippen LogP contribution in [-0.4, -0.2) is 24.2 Å². The summed E-state index contributed by atoms with van der Waals surface area (Å²) in [6, 6.07) is 14.9. The number of hydrogen-bond acceptors (Lipinski definition) is 3. The van der Waals surface area contributed by atoms with Gasteiger partial charge < -0.3 is 15.2 Å². The molecule has 2 rings (SSSR count). The number of carbonyl (C=O) groups is 1. The standard InChI is InChI=1S/C19H23NO3/c1-15-8-10-17(11-9-15)23-18-7-5-6-16(14-18)19(22)20-12-3-2-4-13-21/h5-11,14,21H,2-4,12-13H2,1H3,(H,20,22). The fourth-order valence-electron chi connectivity index (χ4n) is 2.16. The van der Waals surface area contributed by atoms with Crippen LogP contribution in [0.15, 0.2) is 48.5 Å². The SMILES string of the molecule is Cc1ccc(Oc2cccc(C(=O)NCCCCCO)c2)cc1. The molecule has 0 heterocycles. The lowest BCUT2D eigenvalue weighted by Crippen LogP contribution is -2.24. The maximum absolute atomic E-state index is 12.1. The molecular weight excluding hydrogens is 290 g/mol. The molecule has 0 saturated carbocycles. The van der Waals surface area contributed by atoms with Crippen LogP contribution in [-0.2, 0) is 0 Å². The number of aliphatic hydroxyl groups excluding tert-OH is 1. The molecule has 0 aromatic heterocycles. The Morgan fingerprint density at radius 3 is 2.57 bits per heavy atom. The first-order chi connectivity index (χ1) is 11.2. The second-order valence-corrected chi connectivity index (χ2v) is 5.48. The molecule has 0 atom stereocenters. The predicted octanol–water partition coefficient (Wildman–Crippen LogP) is 3.68. The number of aryl methyl sites for hydroxylation is 1. The molecule has 4 nitrogen and oxygen atoms in total. The van der Waals surface area contributed by atoms with Gasteiger partial charge in [-0.25, -0.2) is 0 Å². The van der Waals surface area contributed by atoms with Crippen molar-refractivity contribution in [3.63, 3.8) is 0 Å². The summed E-state index contributed by atoms with van der Waals surface area (Å²) in [5.41, 5.74) is 1.75. The quantitative estimate of drug-likeness (QED) is 0.731. The zero-order valence-electron chi connectivity index (χ0n) is 13.4. The third-order valence-electron chi connectivity index (χ3n) is 3.47. The fourth-order valence-corrected chi connectivity index (χ4v) is 2.16. The number of benzene rings is 2. The van der Waals surface area contributed by atoms with E-state index < -0.39 is 0 Å². The Morgan fingerprint density at radius 2 is 1.83 bits per heavy atom. The number of ether oxygens (including phenoxy) is 1. The fraction of sp³-hybridized carbons (Fsp3) is 0.316. The molecule has 2 N–H and O–H groups in total. The number of hydrogen-bond donors (Lipinski definition) is 2. The van der Waals surface area contributed by atoms with Gasteiger partial charge in [0.2, 0.25) is 0 Å². The van der Waals surface area contributed by atoms with Gasteiger partial charge in [-0.2, -0.15) is 0 Å². The van der Waals surface area contributed by atoms with Crippen molar-refractivity contribution in [2.24, 2.45) is 0 Å². The van der Waals surface area contributed by atoms with Gasteiger partial charge in [-0.3, -0.25) is 4.79 Å². The molecule has 0 spiro atoms. The second kappa shape index (κ2) is 8.96. The monoisotopic (exact) mass is 313 g/mol. The van der Waals surface area contributed by atoms with Crippen molar-refractivity contribution in [1.82, 2.24) is 5.32 Å². The van der Waals surface area contributed by atoms with Crippen molar-refractivity contribution in [1.29, 1.82) is 0 Å². The van der Waals surface area contributed by atoms with Crippen LogP contribution in [0.1, 0.15) is 35.2 Å². The smallest absolute Gasteiger partial charge is 0.251 e.